The predicted molar refractivity (Wildman–Crippen MR) is 84.6 cm³/mol. The summed E-state index contributed by atoms with van der Waals surface area (Å²) in [5.41, 5.74) is 0.788. The van der Waals surface area contributed by atoms with Gasteiger partial charge in [-0.15, -0.1) is 0 Å². The van der Waals surface area contributed by atoms with E-state index < -0.39 is 0 Å². The van der Waals surface area contributed by atoms with Gasteiger partial charge in [0.25, 0.3) is 0 Å². The lowest BCUT2D eigenvalue weighted by Gasteiger charge is -2.24. The van der Waals surface area contributed by atoms with Crippen molar-refractivity contribution >= 4 is 34.6 Å². The van der Waals surface area contributed by atoms with Crippen LogP contribution >= 0.6 is 11.8 Å². The van der Waals surface area contributed by atoms with Crippen molar-refractivity contribution < 1.29 is 0 Å². The molecule has 0 radical (unpaired) electrons. The van der Waals surface area contributed by atoms with Crippen molar-refractivity contribution in [3.8, 4) is 0 Å². The molecule has 3 rings (SSSR count). The number of aromatic nitrogens is 4. The van der Waals surface area contributed by atoms with Crippen LogP contribution in [0.5, 0.6) is 0 Å². The first-order valence-corrected chi connectivity index (χ1v) is 7.85. The molecule has 2 aromatic rings. The molecule has 2 aromatic heterocycles. The van der Waals surface area contributed by atoms with E-state index >= 15 is 0 Å². The molecular weight excluding hydrogens is 272 g/mol. The Kier molecular flexibility index (Phi) is 3.45. The minimum atomic E-state index is 0.336. The van der Waals surface area contributed by atoms with Crippen LogP contribution in [0.1, 0.15) is 20.3 Å². The van der Waals surface area contributed by atoms with E-state index in [1.165, 1.54) is 0 Å². The van der Waals surface area contributed by atoms with Gasteiger partial charge in [-0.3, -0.25) is 5.10 Å². The first-order chi connectivity index (χ1) is 9.59. The molecule has 2 N–H and O–H groups in total. The Balaban J connectivity index is 1.98. The molecule has 0 saturated carbocycles. The maximum absolute atomic E-state index is 4.64. The van der Waals surface area contributed by atoms with Gasteiger partial charge < -0.3 is 10.2 Å². The van der Waals surface area contributed by atoms with E-state index in [4.69, 9.17) is 0 Å². The molecule has 1 aliphatic heterocycles. The molecule has 108 valence electrons. The van der Waals surface area contributed by atoms with Crippen LogP contribution in [0.25, 0.3) is 11.0 Å². The number of hydrogen-bond acceptors (Lipinski definition) is 6. The zero-order chi connectivity index (χ0) is 14.2. The minimum Gasteiger partial charge on any atom is -0.357 e. The fraction of sp³-hybridized carbons (Fsp3) is 0.615. The smallest absolute Gasteiger partial charge is 0.226 e. The summed E-state index contributed by atoms with van der Waals surface area (Å²) in [5, 5.41) is 11.0. The van der Waals surface area contributed by atoms with Gasteiger partial charge >= 0.3 is 0 Å². The highest BCUT2D eigenvalue weighted by molar-refractivity contribution is 8.00. The van der Waals surface area contributed by atoms with E-state index in [1.807, 2.05) is 25.0 Å². The highest BCUT2D eigenvalue weighted by Gasteiger charge is 2.25. The number of nitrogens with one attached hydrogen (secondary N) is 2. The number of hydrogen-bond donors (Lipinski definition) is 2. The summed E-state index contributed by atoms with van der Waals surface area (Å²) in [7, 11) is 1.84. The molecular formula is C13H20N6S. The molecule has 6 nitrogen and oxygen atoms in total. The van der Waals surface area contributed by atoms with Gasteiger partial charge in [-0.05, 0) is 6.42 Å². The number of rotatable bonds is 2. The Hall–Kier alpha value is -1.50. The van der Waals surface area contributed by atoms with Gasteiger partial charge in [0.05, 0.1) is 11.6 Å². The third kappa shape index (κ3) is 2.54. The minimum absolute atomic E-state index is 0.336. The number of anilines is 2. The average molecular weight is 292 g/mol. The Bertz CT molecular complexity index is 608. The predicted octanol–water partition coefficient (Wildman–Crippen LogP) is 2.12. The van der Waals surface area contributed by atoms with Crippen molar-refractivity contribution in [3.63, 3.8) is 0 Å². The largest absolute Gasteiger partial charge is 0.357 e. The van der Waals surface area contributed by atoms with Gasteiger partial charge in [-0.25, -0.2) is 0 Å². The monoisotopic (exact) mass is 292 g/mol. The second-order valence-electron chi connectivity index (χ2n) is 5.60. The van der Waals surface area contributed by atoms with E-state index in [-0.39, 0.29) is 0 Å². The molecule has 7 heteroatoms. The maximum Gasteiger partial charge on any atom is 0.226 e. The van der Waals surface area contributed by atoms with Gasteiger partial charge in [0.2, 0.25) is 5.95 Å². The van der Waals surface area contributed by atoms with Crippen LogP contribution in [0.15, 0.2) is 6.20 Å². The second-order valence-corrected chi connectivity index (χ2v) is 7.40. The highest BCUT2D eigenvalue weighted by atomic mass is 32.2. The van der Waals surface area contributed by atoms with Gasteiger partial charge in [-0.2, -0.15) is 26.8 Å². The highest BCUT2D eigenvalue weighted by Crippen LogP contribution is 2.33. The van der Waals surface area contributed by atoms with Crippen molar-refractivity contribution in [2.24, 2.45) is 0 Å². The number of thioether (sulfide) groups is 1. The number of nitrogens with zero attached hydrogens (tertiary/aromatic N) is 4. The van der Waals surface area contributed by atoms with E-state index in [2.05, 4.69) is 44.2 Å². The van der Waals surface area contributed by atoms with Crippen LogP contribution in [-0.4, -0.2) is 50.8 Å². The standard InChI is InChI=1S/C13H20N6S/c1-13(2)4-5-19(6-7-20-13)11-9-8-15-18-10(9)16-12(14-3)17-11/h8H,4-7H2,1-3H3,(H2,14,15,16,17,18). The quantitative estimate of drug-likeness (QED) is 0.883. The topological polar surface area (TPSA) is 69.7 Å². The summed E-state index contributed by atoms with van der Waals surface area (Å²) in [6.07, 6.45) is 2.96. The first kappa shape index (κ1) is 13.5. The molecule has 0 amide bonds. The van der Waals surface area contributed by atoms with Crippen molar-refractivity contribution in [1.82, 2.24) is 20.2 Å². The number of fused-ring (bicyclic) bond motifs is 1. The molecule has 0 aliphatic carbocycles. The molecule has 0 bridgehead atoms. The summed E-state index contributed by atoms with van der Waals surface area (Å²) in [6.45, 7) is 6.65. The van der Waals surface area contributed by atoms with E-state index in [9.17, 15) is 0 Å². The van der Waals surface area contributed by atoms with Crippen molar-refractivity contribution in [2.75, 3.05) is 36.1 Å². The Morgan fingerprint density at radius 2 is 2.20 bits per heavy atom. The third-order valence-electron chi connectivity index (χ3n) is 3.65. The van der Waals surface area contributed by atoms with Crippen molar-refractivity contribution in [3.05, 3.63) is 6.20 Å². The average Bonchev–Trinajstić information content (AvgIpc) is 2.82. The third-order valence-corrected chi connectivity index (χ3v) is 5.02. The Morgan fingerprint density at radius 1 is 1.35 bits per heavy atom. The van der Waals surface area contributed by atoms with Crippen molar-refractivity contribution in [1.29, 1.82) is 0 Å². The summed E-state index contributed by atoms with van der Waals surface area (Å²) in [5.74, 6) is 2.73. The lowest BCUT2D eigenvalue weighted by Crippen LogP contribution is -2.28. The van der Waals surface area contributed by atoms with Gasteiger partial charge in [0.1, 0.15) is 5.82 Å². The van der Waals surface area contributed by atoms with E-state index in [0.29, 0.717) is 10.7 Å². The van der Waals surface area contributed by atoms with Crippen LogP contribution in [0.4, 0.5) is 11.8 Å². The SMILES string of the molecule is CNc1nc(N2CCSC(C)(C)CC2)c2cn[nH]c2n1. The molecule has 3 heterocycles. The summed E-state index contributed by atoms with van der Waals surface area (Å²) in [6, 6.07) is 0. The van der Waals surface area contributed by atoms with Crippen molar-refractivity contribution in [2.45, 2.75) is 25.0 Å². The zero-order valence-electron chi connectivity index (χ0n) is 12.1. The molecule has 1 aliphatic rings. The molecule has 20 heavy (non-hydrogen) atoms. The van der Waals surface area contributed by atoms with Gasteiger partial charge in [0.15, 0.2) is 5.65 Å². The maximum atomic E-state index is 4.64. The molecule has 1 saturated heterocycles. The normalized spacial score (nSPS) is 19.1. The Labute approximate surface area is 122 Å². The van der Waals surface area contributed by atoms with Gasteiger partial charge in [-0.1, -0.05) is 13.8 Å². The zero-order valence-corrected chi connectivity index (χ0v) is 12.9. The fourth-order valence-electron chi connectivity index (χ4n) is 2.40. The second kappa shape index (κ2) is 5.12. The molecule has 1 fully saturated rings. The lowest BCUT2D eigenvalue weighted by molar-refractivity contribution is 0.636. The van der Waals surface area contributed by atoms with Crippen LogP contribution in [0, 0.1) is 0 Å². The molecule has 0 atom stereocenters. The van der Waals surface area contributed by atoms with Crippen LogP contribution in [0.2, 0.25) is 0 Å². The molecule has 0 spiro atoms. The summed E-state index contributed by atoms with van der Waals surface area (Å²) in [4.78, 5) is 11.4. The first-order valence-electron chi connectivity index (χ1n) is 6.87. The van der Waals surface area contributed by atoms with Crippen LogP contribution in [-0.2, 0) is 0 Å². The number of aromatic amines is 1. The van der Waals surface area contributed by atoms with E-state index in [0.717, 1.165) is 42.1 Å². The lowest BCUT2D eigenvalue weighted by atomic mass is 10.1. The van der Waals surface area contributed by atoms with Gasteiger partial charge in [0, 0.05) is 30.6 Å². The van der Waals surface area contributed by atoms with Crippen LogP contribution < -0.4 is 10.2 Å². The Morgan fingerprint density at radius 3 is 3.00 bits per heavy atom. The number of H-pyrrole nitrogens is 1. The van der Waals surface area contributed by atoms with Crippen LogP contribution in [0.3, 0.4) is 0 Å². The fourth-order valence-corrected chi connectivity index (χ4v) is 3.50. The van der Waals surface area contributed by atoms with E-state index in [1.54, 1.807) is 0 Å². The summed E-state index contributed by atoms with van der Waals surface area (Å²) < 4.78 is 0.336. The molecule has 0 aromatic carbocycles. The summed E-state index contributed by atoms with van der Waals surface area (Å²) >= 11 is 2.03. The molecule has 0 unspecified atom stereocenters.